The van der Waals surface area contributed by atoms with E-state index >= 15 is 0 Å². The number of rotatable bonds is 3. The van der Waals surface area contributed by atoms with E-state index in [1.165, 1.54) is 11.3 Å². The smallest absolute Gasteiger partial charge is 0.253 e. The zero-order valence-corrected chi connectivity index (χ0v) is 15.9. The second-order valence-electron chi connectivity index (χ2n) is 5.98. The standard InChI is InChI=1S/C16H17ClN4O2S2/c1-20-6-5-19-16(20)13-10-18-4-7-21(13)25(22,23)15-9-11-8-12(17)2-3-14(11)24-15/h2-3,5-6,8-9,13,18H,4,7,10H2,1H3. The minimum atomic E-state index is -3.61. The van der Waals surface area contributed by atoms with Gasteiger partial charge in [-0.3, -0.25) is 0 Å². The van der Waals surface area contributed by atoms with Gasteiger partial charge in [-0.1, -0.05) is 11.6 Å². The van der Waals surface area contributed by atoms with Crippen molar-refractivity contribution in [3.8, 4) is 0 Å². The van der Waals surface area contributed by atoms with Gasteiger partial charge in [0.25, 0.3) is 10.0 Å². The van der Waals surface area contributed by atoms with Crippen molar-refractivity contribution in [2.24, 2.45) is 7.05 Å². The number of hydrogen-bond acceptors (Lipinski definition) is 5. The Hall–Kier alpha value is -1.45. The maximum Gasteiger partial charge on any atom is 0.253 e. The predicted octanol–water partition coefficient (Wildman–Crippen LogP) is 2.62. The molecule has 1 N–H and O–H groups in total. The Balaban J connectivity index is 1.77. The zero-order valence-electron chi connectivity index (χ0n) is 13.5. The molecular weight excluding hydrogens is 380 g/mol. The average molecular weight is 397 g/mol. The summed E-state index contributed by atoms with van der Waals surface area (Å²) in [5.74, 6) is 0.736. The lowest BCUT2D eigenvalue weighted by Gasteiger charge is -2.34. The number of nitrogens with one attached hydrogen (secondary N) is 1. The number of thiophene rings is 1. The van der Waals surface area contributed by atoms with E-state index in [-0.39, 0.29) is 6.04 Å². The largest absolute Gasteiger partial charge is 0.337 e. The van der Waals surface area contributed by atoms with E-state index in [9.17, 15) is 8.42 Å². The fourth-order valence-electron chi connectivity index (χ4n) is 3.12. The topological polar surface area (TPSA) is 67.2 Å². The lowest BCUT2D eigenvalue weighted by atomic mass is 10.2. The van der Waals surface area contributed by atoms with Gasteiger partial charge in [-0.25, -0.2) is 13.4 Å². The first kappa shape index (κ1) is 17.0. The Bertz CT molecular complexity index is 1030. The Morgan fingerprint density at radius 3 is 2.96 bits per heavy atom. The number of benzene rings is 1. The van der Waals surface area contributed by atoms with E-state index in [2.05, 4.69) is 10.3 Å². The molecule has 1 aromatic carbocycles. The minimum absolute atomic E-state index is 0.326. The first-order valence-electron chi connectivity index (χ1n) is 7.86. The number of halogens is 1. The highest BCUT2D eigenvalue weighted by Gasteiger charge is 2.37. The fraction of sp³-hybridized carbons (Fsp3) is 0.312. The third-order valence-corrected chi connectivity index (χ3v) is 8.08. The number of sulfonamides is 1. The number of aromatic nitrogens is 2. The third kappa shape index (κ3) is 2.98. The first-order chi connectivity index (χ1) is 12.0. The van der Waals surface area contributed by atoms with E-state index < -0.39 is 10.0 Å². The lowest BCUT2D eigenvalue weighted by Crippen LogP contribution is -2.49. The molecule has 1 aliphatic heterocycles. The second kappa shape index (κ2) is 6.37. The Morgan fingerprint density at radius 1 is 1.36 bits per heavy atom. The van der Waals surface area contributed by atoms with Crippen molar-refractivity contribution in [2.45, 2.75) is 10.3 Å². The molecule has 9 heteroatoms. The number of aryl methyl sites for hydroxylation is 1. The van der Waals surface area contributed by atoms with E-state index in [0.717, 1.165) is 15.9 Å². The van der Waals surface area contributed by atoms with Crippen LogP contribution in [-0.4, -0.2) is 41.9 Å². The highest BCUT2D eigenvalue weighted by Crippen LogP contribution is 2.35. The molecule has 0 spiro atoms. The molecule has 25 heavy (non-hydrogen) atoms. The van der Waals surface area contributed by atoms with Crippen LogP contribution in [0.25, 0.3) is 10.1 Å². The monoisotopic (exact) mass is 396 g/mol. The molecule has 3 heterocycles. The highest BCUT2D eigenvalue weighted by molar-refractivity contribution is 7.91. The van der Waals surface area contributed by atoms with Gasteiger partial charge in [0, 0.05) is 48.8 Å². The van der Waals surface area contributed by atoms with Crippen molar-refractivity contribution in [1.82, 2.24) is 19.2 Å². The molecule has 1 aliphatic rings. The lowest BCUT2D eigenvalue weighted by molar-refractivity contribution is 0.259. The van der Waals surface area contributed by atoms with E-state index in [4.69, 9.17) is 11.6 Å². The SMILES string of the molecule is Cn1ccnc1C1CNCCN1S(=O)(=O)c1cc2cc(Cl)ccc2s1. The van der Waals surface area contributed by atoms with Gasteiger partial charge in [-0.2, -0.15) is 4.31 Å². The summed E-state index contributed by atoms with van der Waals surface area (Å²) in [5, 5.41) is 4.71. The molecule has 0 amide bonds. The Morgan fingerprint density at radius 2 is 2.20 bits per heavy atom. The summed E-state index contributed by atoms with van der Waals surface area (Å²) in [7, 11) is -1.74. The van der Waals surface area contributed by atoms with Crippen LogP contribution < -0.4 is 5.32 Å². The van der Waals surface area contributed by atoms with Crippen molar-refractivity contribution in [1.29, 1.82) is 0 Å². The van der Waals surface area contributed by atoms with Crippen molar-refractivity contribution < 1.29 is 8.42 Å². The summed E-state index contributed by atoms with van der Waals surface area (Å²) >= 11 is 7.30. The van der Waals surface area contributed by atoms with Crippen molar-refractivity contribution in [3.05, 3.63) is 47.5 Å². The van der Waals surface area contributed by atoms with Gasteiger partial charge in [0.2, 0.25) is 0 Å². The molecule has 1 unspecified atom stereocenters. The molecule has 1 saturated heterocycles. The van der Waals surface area contributed by atoms with Crippen molar-refractivity contribution in [3.63, 3.8) is 0 Å². The Labute approximate surface area is 155 Å². The summed E-state index contributed by atoms with van der Waals surface area (Å²) in [4.78, 5) is 4.35. The van der Waals surface area contributed by atoms with Gasteiger partial charge in [-0.05, 0) is 29.7 Å². The average Bonchev–Trinajstić information content (AvgIpc) is 3.20. The van der Waals surface area contributed by atoms with Crippen LogP contribution in [0.5, 0.6) is 0 Å². The summed E-state index contributed by atoms with van der Waals surface area (Å²) in [6.07, 6.45) is 3.52. The molecule has 0 radical (unpaired) electrons. The fourth-order valence-corrected chi connectivity index (χ4v) is 6.40. The van der Waals surface area contributed by atoms with E-state index in [1.807, 2.05) is 23.9 Å². The van der Waals surface area contributed by atoms with E-state index in [1.54, 1.807) is 28.7 Å². The van der Waals surface area contributed by atoms with Crippen molar-refractivity contribution >= 4 is 43.0 Å². The van der Waals surface area contributed by atoms with Crippen LogP contribution in [0.1, 0.15) is 11.9 Å². The molecule has 0 bridgehead atoms. The van der Waals surface area contributed by atoms with Gasteiger partial charge in [0.1, 0.15) is 10.0 Å². The number of hydrogen-bond donors (Lipinski definition) is 1. The molecule has 4 rings (SSSR count). The number of nitrogens with zero attached hydrogens (tertiary/aromatic N) is 3. The van der Waals surface area contributed by atoms with Gasteiger partial charge < -0.3 is 9.88 Å². The second-order valence-corrected chi connectivity index (χ2v) is 9.62. The Kier molecular flexibility index (Phi) is 4.33. The van der Waals surface area contributed by atoms with E-state index in [0.29, 0.717) is 28.9 Å². The summed E-state index contributed by atoms with van der Waals surface area (Å²) in [6, 6.07) is 6.81. The van der Waals surface area contributed by atoms with Gasteiger partial charge in [0.05, 0.1) is 6.04 Å². The maximum absolute atomic E-state index is 13.3. The summed E-state index contributed by atoms with van der Waals surface area (Å²) < 4.78 is 31.3. The summed E-state index contributed by atoms with van der Waals surface area (Å²) in [5.41, 5.74) is 0. The molecule has 3 aromatic rings. The minimum Gasteiger partial charge on any atom is -0.337 e. The number of fused-ring (bicyclic) bond motifs is 1. The van der Waals surface area contributed by atoms with Crippen LogP contribution in [0, 0.1) is 0 Å². The number of imidazole rings is 1. The van der Waals surface area contributed by atoms with Crippen molar-refractivity contribution in [2.75, 3.05) is 19.6 Å². The molecule has 0 saturated carbocycles. The van der Waals surface area contributed by atoms with Crippen LogP contribution in [0.2, 0.25) is 5.02 Å². The van der Waals surface area contributed by atoms with Crippen LogP contribution in [0.4, 0.5) is 0 Å². The predicted molar refractivity (Wildman–Crippen MR) is 99.5 cm³/mol. The molecule has 132 valence electrons. The highest BCUT2D eigenvalue weighted by atomic mass is 35.5. The molecule has 0 aliphatic carbocycles. The van der Waals surface area contributed by atoms with Crippen LogP contribution in [0.3, 0.4) is 0 Å². The van der Waals surface area contributed by atoms with Gasteiger partial charge in [-0.15, -0.1) is 11.3 Å². The first-order valence-corrected chi connectivity index (χ1v) is 10.5. The van der Waals surface area contributed by atoms with Crippen LogP contribution in [0.15, 0.2) is 40.9 Å². The maximum atomic E-state index is 13.3. The third-order valence-electron chi connectivity index (χ3n) is 4.37. The molecule has 2 aromatic heterocycles. The molecule has 1 fully saturated rings. The molecule has 1 atom stereocenters. The van der Waals surface area contributed by atoms with Crippen LogP contribution >= 0.6 is 22.9 Å². The molecular formula is C16H17ClN4O2S2. The molecule has 6 nitrogen and oxygen atoms in total. The van der Waals surface area contributed by atoms with Crippen LogP contribution in [-0.2, 0) is 17.1 Å². The van der Waals surface area contributed by atoms with Gasteiger partial charge in [0.15, 0.2) is 0 Å². The number of piperazine rings is 1. The normalized spacial score (nSPS) is 19.5. The quantitative estimate of drug-likeness (QED) is 0.739. The van der Waals surface area contributed by atoms with Gasteiger partial charge >= 0.3 is 0 Å². The zero-order chi connectivity index (χ0) is 17.6. The summed E-state index contributed by atoms with van der Waals surface area (Å²) in [6.45, 7) is 1.58.